The van der Waals surface area contributed by atoms with Crippen LogP contribution in [0, 0.1) is 0 Å². The molecule has 0 aromatic heterocycles. The molecule has 0 spiro atoms. The summed E-state index contributed by atoms with van der Waals surface area (Å²) in [6.45, 7) is 1.84. The Kier molecular flexibility index (Phi) is 4.46. The molecule has 1 unspecified atom stereocenters. The molecular formula is C9H16O6. The number of rotatable bonds is 3. The van der Waals surface area contributed by atoms with E-state index >= 15 is 0 Å². The maximum absolute atomic E-state index is 11.1. The highest BCUT2D eigenvalue weighted by Gasteiger charge is 2.38. The van der Waals surface area contributed by atoms with Gasteiger partial charge in [-0.2, -0.15) is 0 Å². The molecular weight excluding hydrogens is 204 g/mol. The van der Waals surface area contributed by atoms with Gasteiger partial charge in [-0.15, -0.1) is 0 Å². The van der Waals surface area contributed by atoms with Crippen LogP contribution in [0.3, 0.4) is 0 Å². The van der Waals surface area contributed by atoms with E-state index < -0.39 is 30.4 Å². The van der Waals surface area contributed by atoms with Crippen LogP contribution >= 0.6 is 0 Å². The van der Waals surface area contributed by atoms with Gasteiger partial charge in [0.15, 0.2) is 0 Å². The number of hydrogen-bond acceptors (Lipinski definition) is 6. The molecule has 1 saturated heterocycles. The first kappa shape index (κ1) is 12.4. The van der Waals surface area contributed by atoms with Crippen LogP contribution in [-0.4, -0.2) is 58.9 Å². The molecule has 0 aromatic rings. The number of hydrogen-bond donors (Lipinski definition) is 3. The van der Waals surface area contributed by atoms with Crippen molar-refractivity contribution in [3.8, 4) is 0 Å². The average molecular weight is 220 g/mol. The van der Waals surface area contributed by atoms with Crippen molar-refractivity contribution in [1.82, 2.24) is 0 Å². The summed E-state index contributed by atoms with van der Waals surface area (Å²) in [6, 6.07) is 0. The monoisotopic (exact) mass is 220 g/mol. The molecule has 4 atom stereocenters. The summed E-state index contributed by atoms with van der Waals surface area (Å²) in [5, 5.41) is 28.0. The average Bonchev–Trinajstić information content (AvgIpc) is 2.20. The molecule has 0 aliphatic carbocycles. The molecule has 1 heterocycles. The topological polar surface area (TPSA) is 96.2 Å². The number of ether oxygens (including phenoxy) is 2. The first-order chi connectivity index (χ1) is 7.06. The molecule has 88 valence electrons. The zero-order valence-corrected chi connectivity index (χ0v) is 8.50. The van der Waals surface area contributed by atoms with Crippen LogP contribution in [0.2, 0.25) is 0 Å². The fourth-order valence-electron chi connectivity index (χ4n) is 1.43. The van der Waals surface area contributed by atoms with Crippen molar-refractivity contribution >= 4 is 5.97 Å². The highest BCUT2D eigenvalue weighted by Crippen LogP contribution is 2.18. The summed E-state index contributed by atoms with van der Waals surface area (Å²) in [7, 11) is 0. The van der Waals surface area contributed by atoms with Gasteiger partial charge in [0.05, 0.1) is 25.7 Å². The molecule has 0 bridgehead atoms. The number of carbonyl (C=O) groups is 1. The van der Waals surface area contributed by atoms with Gasteiger partial charge >= 0.3 is 5.97 Å². The number of esters is 1. The molecule has 1 fully saturated rings. The van der Waals surface area contributed by atoms with E-state index in [1.807, 2.05) is 0 Å². The molecule has 0 aromatic carbocycles. The first-order valence-electron chi connectivity index (χ1n) is 4.87. The van der Waals surface area contributed by atoms with Gasteiger partial charge in [-0.1, -0.05) is 0 Å². The van der Waals surface area contributed by atoms with Gasteiger partial charge in [0.25, 0.3) is 0 Å². The minimum atomic E-state index is -1.28. The molecule has 1 aliphatic heterocycles. The predicted molar refractivity (Wildman–Crippen MR) is 49.0 cm³/mol. The van der Waals surface area contributed by atoms with Crippen molar-refractivity contribution in [3.63, 3.8) is 0 Å². The Morgan fingerprint density at radius 3 is 2.67 bits per heavy atom. The summed E-state index contributed by atoms with van der Waals surface area (Å²) in [4.78, 5) is 11.1. The number of aliphatic hydroxyl groups excluding tert-OH is 3. The smallest absolute Gasteiger partial charge is 0.308 e. The van der Waals surface area contributed by atoms with Crippen molar-refractivity contribution in [1.29, 1.82) is 0 Å². The standard InChI is InChI=1S/C9H16O6/c1-2-14-7(11)3-6-9(13)8(12)5(10)4-15-6/h5-6,8-10,12-13H,2-4H2,1H3/t5-,6?,8+,9+/m1/s1. The molecule has 6 nitrogen and oxygen atoms in total. The van der Waals surface area contributed by atoms with Gasteiger partial charge in [0.2, 0.25) is 0 Å². The summed E-state index contributed by atoms with van der Waals surface area (Å²) < 4.78 is 9.71. The molecule has 1 aliphatic rings. The highest BCUT2D eigenvalue weighted by molar-refractivity contribution is 5.70. The highest BCUT2D eigenvalue weighted by atomic mass is 16.5. The fraction of sp³-hybridized carbons (Fsp3) is 0.889. The minimum Gasteiger partial charge on any atom is -0.466 e. The Morgan fingerprint density at radius 2 is 2.07 bits per heavy atom. The molecule has 0 radical (unpaired) electrons. The summed E-state index contributed by atoms with van der Waals surface area (Å²) in [5.74, 6) is -0.495. The van der Waals surface area contributed by atoms with Gasteiger partial charge in [-0.05, 0) is 6.92 Å². The van der Waals surface area contributed by atoms with E-state index in [4.69, 9.17) is 9.84 Å². The van der Waals surface area contributed by atoms with E-state index in [0.29, 0.717) is 0 Å². The largest absolute Gasteiger partial charge is 0.466 e. The van der Waals surface area contributed by atoms with E-state index in [9.17, 15) is 15.0 Å². The van der Waals surface area contributed by atoms with Crippen LogP contribution < -0.4 is 0 Å². The maximum Gasteiger partial charge on any atom is 0.308 e. The van der Waals surface area contributed by atoms with Gasteiger partial charge in [0.1, 0.15) is 18.3 Å². The Morgan fingerprint density at radius 1 is 1.40 bits per heavy atom. The van der Waals surface area contributed by atoms with Crippen molar-refractivity contribution < 1.29 is 29.6 Å². The molecule has 15 heavy (non-hydrogen) atoms. The van der Waals surface area contributed by atoms with Crippen molar-refractivity contribution in [2.24, 2.45) is 0 Å². The minimum absolute atomic E-state index is 0.0949. The van der Waals surface area contributed by atoms with E-state index in [1.54, 1.807) is 6.92 Å². The number of carbonyl (C=O) groups excluding carboxylic acids is 1. The Hall–Kier alpha value is -0.690. The van der Waals surface area contributed by atoms with Crippen LogP contribution in [0.25, 0.3) is 0 Å². The van der Waals surface area contributed by atoms with Crippen LogP contribution in [0.1, 0.15) is 13.3 Å². The van der Waals surface area contributed by atoms with Gasteiger partial charge in [0, 0.05) is 0 Å². The third-order valence-corrected chi connectivity index (χ3v) is 2.28. The van der Waals surface area contributed by atoms with E-state index in [2.05, 4.69) is 4.74 Å². The molecule has 6 heteroatoms. The second kappa shape index (κ2) is 5.41. The van der Waals surface area contributed by atoms with Gasteiger partial charge in [-0.25, -0.2) is 0 Å². The molecule has 3 N–H and O–H groups in total. The van der Waals surface area contributed by atoms with Crippen molar-refractivity contribution in [2.45, 2.75) is 37.8 Å². The Labute approximate surface area is 87.4 Å². The Bertz CT molecular complexity index is 219. The number of aliphatic hydroxyl groups is 3. The molecule has 1 rings (SSSR count). The second-order valence-electron chi connectivity index (χ2n) is 3.43. The van der Waals surface area contributed by atoms with Crippen molar-refractivity contribution in [2.75, 3.05) is 13.2 Å². The van der Waals surface area contributed by atoms with Gasteiger partial charge in [-0.3, -0.25) is 4.79 Å². The van der Waals surface area contributed by atoms with Crippen LogP contribution in [0.15, 0.2) is 0 Å². The summed E-state index contributed by atoms with van der Waals surface area (Å²) >= 11 is 0. The molecule has 0 amide bonds. The SMILES string of the molecule is CCOC(=O)CC1OC[C@@H](O)[C@H](O)[C@H]1O. The molecule has 0 saturated carbocycles. The van der Waals surface area contributed by atoms with Crippen LogP contribution in [0.4, 0.5) is 0 Å². The predicted octanol–water partition coefficient (Wildman–Crippen LogP) is -1.58. The van der Waals surface area contributed by atoms with Crippen LogP contribution in [-0.2, 0) is 14.3 Å². The zero-order chi connectivity index (χ0) is 11.4. The zero-order valence-electron chi connectivity index (χ0n) is 8.50. The summed E-state index contributed by atoms with van der Waals surface area (Å²) in [6.07, 6.45) is -4.60. The lowest BCUT2D eigenvalue weighted by molar-refractivity contribution is -0.193. The van der Waals surface area contributed by atoms with E-state index in [0.717, 1.165) is 0 Å². The van der Waals surface area contributed by atoms with E-state index in [-0.39, 0.29) is 19.6 Å². The maximum atomic E-state index is 11.1. The van der Waals surface area contributed by atoms with Crippen LogP contribution in [0.5, 0.6) is 0 Å². The lowest BCUT2D eigenvalue weighted by Crippen LogP contribution is -2.53. The second-order valence-corrected chi connectivity index (χ2v) is 3.43. The summed E-state index contributed by atoms with van der Waals surface area (Å²) in [5.41, 5.74) is 0. The Balaban J connectivity index is 2.45. The normalized spacial score (nSPS) is 36.3. The quantitative estimate of drug-likeness (QED) is 0.497. The van der Waals surface area contributed by atoms with Gasteiger partial charge < -0.3 is 24.8 Å². The lowest BCUT2D eigenvalue weighted by atomic mass is 9.98. The van der Waals surface area contributed by atoms with Crippen molar-refractivity contribution in [3.05, 3.63) is 0 Å². The van der Waals surface area contributed by atoms with E-state index in [1.165, 1.54) is 0 Å². The first-order valence-corrected chi connectivity index (χ1v) is 4.87. The third-order valence-electron chi connectivity index (χ3n) is 2.28. The fourth-order valence-corrected chi connectivity index (χ4v) is 1.43. The lowest BCUT2D eigenvalue weighted by Gasteiger charge is -2.34. The third kappa shape index (κ3) is 3.13.